The predicted octanol–water partition coefficient (Wildman–Crippen LogP) is 1.84. The maximum absolute atomic E-state index is 5.67. The first-order valence-electron chi connectivity index (χ1n) is 5.82. The summed E-state index contributed by atoms with van der Waals surface area (Å²) in [5.41, 5.74) is 7.56. The normalized spacial score (nSPS) is 15.7. The second kappa shape index (κ2) is 4.49. The summed E-state index contributed by atoms with van der Waals surface area (Å²) in [7, 11) is 0. The van der Waals surface area contributed by atoms with E-state index in [9.17, 15) is 0 Å². The van der Waals surface area contributed by atoms with Gasteiger partial charge in [0.15, 0.2) is 0 Å². The number of aromatic nitrogens is 3. The summed E-state index contributed by atoms with van der Waals surface area (Å²) in [4.78, 5) is 0.373. The first kappa shape index (κ1) is 11.5. The molecule has 0 amide bonds. The first-order valence-corrected chi connectivity index (χ1v) is 6.23. The van der Waals surface area contributed by atoms with E-state index in [0.29, 0.717) is 16.8 Å². The van der Waals surface area contributed by atoms with Crippen LogP contribution in [0.5, 0.6) is 0 Å². The highest BCUT2D eigenvalue weighted by Crippen LogP contribution is 2.41. The zero-order valence-corrected chi connectivity index (χ0v) is 10.6. The molecule has 0 radical (unpaired) electrons. The van der Waals surface area contributed by atoms with Gasteiger partial charge in [0.1, 0.15) is 10.7 Å². The highest BCUT2D eigenvalue weighted by atomic mass is 32.1. The Morgan fingerprint density at radius 1 is 1.56 bits per heavy atom. The van der Waals surface area contributed by atoms with Crippen LogP contribution >= 0.6 is 12.2 Å². The number of hydrogen-bond donors (Lipinski definition) is 1. The molecule has 0 atom stereocenters. The van der Waals surface area contributed by atoms with E-state index in [4.69, 9.17) is 18.0 Å². The molecule has 0 unspecified atom stereocenters. The maximum Gasteiger partial charge on any atom is 0.143 e. The van der Waals surface area contributed by atoms with Gasteiger partial charge in [-0.3, -0.25) is 0 Å². The van der Waals surface area contributed by atoms with E-state index in [0.717, 1.165) is 24.4 Å². The Morgan fingerprint density at radius 2 is 2.25 bits per heavy atom. The monoisotopic (exact) mass is 238 g/mol. The van der Waals surface area contributed by atoms with Crippen molar-refractivity contribution in [2.45, 2.75) is 45.6 Å². The van der Waals surface area contributed by atoms with Gasteiger partial charge in [-0.2, -0.15) is 0 Å². The van der Waals surface area contributed by atoms with Crippen molar-refractivity contribution < 1.29 is 0 Å². The number of nitrogens with zero attached hydrogens (tertiary/aromatic N) is 3. The molecule has 88 valence electrons. The fourth-order valence-corrected chi connectivity index (χ4v) is 1.95. The predicted molar refractivity (Wildman–Crippen MR) is 67.3 cm³/mol. The Balaban J connectivity index is 2.20. The fraction of sp³-hybridized carbons (Fsp3) is 0.727. The Bertz CT molecular complexity index is 393. The zero-order valence-electron chi connectivity index (χ0n) is 9.81. The summed E-state index contributed by atoms with van der Waals surface area (Å²) in [6, 6.07) is 0. The summed E-state index contributed by atoms with van der Waals surface area (Å²) in [6.07, 6.45) is 3.54. The van der Waals surface area contributed by atoms with Crippen LogP contribution in [-0.2, 0) is 6.54 Å². The van der Waals surface area contributed by atoms with Gasteiger partial charge in [0.2, 0.25) is 0 Å². The van der Waals surface area contributed by atoms with Gasteiger partial charge in [-0.05, 0) is 25.2 Å². The molecule has 0 saturated heterocycles. The third-order valence-corrected chi connectivity index (χ3v) is 3.08. The Hall–Kier alpha value is -0.970. The minimum absolute atomic E-state index is 0.373. The van der Waals surface area contributed by atoms with E-state index in [1.807, 2.05) is 4.68 Å². The zero-order chi connectivity index (χ0) is 11.7. The molecular weight excluding hydrogens is 220 g/mol. The van der Waals surface area contributed by atoms with Gasteiger partial charge in [0, 0.05) is 12.5 Å². The van der Waals surface area contributed by atoms with Crippen molar-refractivity contribution in [1.29, 1.82) is 0 Å². The minimum atomic E-state index is 0.373. The molecule has 4 nitrogen and oxygen atoms in total. The Labute approximate surface area is 101 Å². The second-order valence-electron chi connectivity index (χ2n) is 4.87. The van der Waals surface area contributed by atoms with Gasteiger partial charge < -0.3 is 5.73 Å². The first-order chi connectivity index (χ1) is 7.59. The van der Waals surface area contributed by atoms with Crippen LogP contribution in [0.3, 0.4) is 0 Å². The molecule has 2 rings (SSSR count). The lowest BCUT2D eigenvalue weighted by atomic mass is 10.1. The van der Waals surface area contributed by atoms with E-state index < -0.39 is 0 Å². The molecule has 2 N–H and O–H groups in total. The van der Waals surface area contributed by atoms with Gasteiger partial charge in [-0.25, -0.2) is 4.68 Å². The summed E-state index contributed by atoms with van der Waals surface area (Å²) < 4.78 is 1.99. The van der Waals surface area contributed by atoms with Crippen LogP contribution in [0, 0.1) is 5.92 Å². The van der Waals surface area contributed by atoms with Crippen LogP contribution in [0.2, 0.25) is 0 Å². The van der Waals surface area contributed by atoms with Gasteiger partial charge in [0.25, 0.3) is 0 Å². The topological polar surface area (TPSA) is 56.7 Å². The summed E-state index contributed by atoms with van der Waals surface area (Å²) >= 11 is 5.01. The lowest BCUT2D eigenvalue weighted by molar-refractivity contribution is 0.467. The molecule has 1 aromatic heterocycles. The van der Waals surface area contributed by atoms with Crippen molar-refractivity contribution in [2.24, 2.45) is 11.7 Å². The number of rotatable bonds is 5. The summed E-state index contributed by atoms with van der Waals surface area (Å²) in [5.74, 6) is 1.25. The molecule has 1 aromatic rings. The molecule has 0 spiro atoms. The van der Waals surface area contributed by atoms with Crippen molar-refractivity contribution >= 4 is 17.2 Å². The molecular formula is C11H18N4S. The average Bonchev–Trinajstić information content (AvgIpc) is 2.95. The van der Waals surface area contributed by atoms with Crippen molar-refractivity contribution in [3.8, 4) is 0 Å². The molecule has 5 heteroatoms. The van der Waals surface area contributed by atoms with Crippen LogP contribution in [0.4, 0.5) is 0 Å². The highest BCUT2D eigenvalue weighted by molar-refractivity contribution is 7.80. The van der Waals surface area contributed by atoms with Crippen LogP contribution in [-0.4, -0.2) is 20.0 Å². The Morgan fingerprint density at radius 3 is 2.75 bits per heavy atom. The quantitative estimate of drug-likeness (QED) is 0.795. The van der Waals surface area contributed by atoms with Crippen LogP contribution < -0.4 is 5.73 Å². The molecule has 1 heterocycles. The number of hydrogen-bond acceptors (Lipinski definition) is 3. The van der Waals surface area contributed by atoms with E-state index in [1.54, 1.807) is 0 Å². The summed E-state index contributed by atoms with van der Waals surface area (Å²) in [6.45, 7) is 5.34. The lowest BCUT2D eigenvalue weighted by Crippen LogP contribution is -2.14. The second-order valence-corrected chi connectivity index (χ2v) is 5.31. The number of nitrogens with two attached hydrogens (primary N) is 1. The minimum Gasteiger partial charge on any atom is -0.388 e. The highest BCUT2D eigenvalue weighted by Gasteiger charge is 2.31. The number of aryl methyl sites for hydroxylation is 1. The van der Waals surface area contributed by atoms with Crippen LogP contribution in [0.15, 0.2) is 0 Å². The number of thiocarbonyl (C=S) groups is 1. The van der Waals surface area contributed by atoms with Gasteiger partial charge in [0.05, 0.1) is 5.69 Å². The van der Waals surface area contributed by atoms with E-state index in [1.165, 1.54) is 12.8 Å². The van der Waals surface area contributed by atoms with E-state index >= 15 is 0 Å². The Kier molecular flexibility index (Phi) is 3.23. The molecule has 1 aliphatic carbocycles. The fourth-order valence-electron chi connectivity index (χ4n) is 1.80. The van der Waals surface area contributed by atoms with Gasteiger partial charge in [-0.15, -0.1) is 5.10 Å². The molecule has 1 aliphatic rings. The van der Waals surface area contributed by atoms with Crippen molar-refractivity contribution in [3.05, 3.63) is 11.4 Å². The lowest BCUT2D eigenvalue weighted by Gasteiger charge is -2.08. The molecule has 0 aromatic carbocycles. The molecule has 0 aliphatic heterocycles. The molecule has 16 heavy (non-hydrogen) atoms. The van der Waals surface area contributed by atoms with Crippen molar-refractivity contribution in [3.63, 3.8) is 0 Å². The van der Waals surface area contributed by atoms with Gasteiger partial charge >= 0.3 is 0 Å². The standard InChI is InChI=1S/C11H18N4S/c1-7(2)5-6-15-10(8-3-4-8)9(11(12)16)13-14-15/h7-8H,3-6H2,1-2H3,(H2,12,16). The molecule has 1 saturated carbocycles. The molecule has 1 fully saturated rings. The SMILES string of the molecule is CC(C)CCn1nnc(C(N)=S)c1C1CC1. The van der Waals surface area contributed by atoms with Gasteiger partial charge in [-0.1, -0.05) is 31.3 Å². The van der Waals surface area contributed by atoms with Crippen molar-refractivity contribution in [1.82, 2.24) is 15.0 Å². The smallest absolute Gasteiger partial charge is 0.143 e. The third kappa shape index (κ3) is 2.40. The third-order valence-electron chi connectivity index (χ3n) is 2.89. The summed E-state index contributed by atoms with van der Waals surface area (Å²) in [5, 5.41) is 8.27. The average molecular weight is 238 g/mol. The molecule has 0 bridgehead atoms. The van der Waals surface area contributed by atoms with E-state index in [-0.39, 0.29) is 0 Å². The van der Waals surface area contributed by atoms with E-state index in [2.05, 4.69) is 24.2 Å². The maximum atomic E-state index is 5.67. The largest absolute Gasteiger partial charge is 0.388 e. The van der Waals surface area contributed by atoms with Crippen LogP contribution in [0.1, 0.15) is 50.4 Å². The van der Waals surface area contributed by atoms with Crippen molar-refractivity contribution in [2.75, 3.05) is 0 Å². The van der Waals surface area contributed by atoms with Crippen LogP contribution in [0.25, 0.3) is 0 Å².